The van der Waals surface area contributed by atoms with Crippen molar-refractivity contribution in [3.8, 4) is 0 Å². The highest BCUT2D eigenvalue weighted by molar-refractivity contribution is 5.99. The highest BCUT2D eigenvalue weighted by Gasteiger charge is 2.25. The van der Waals surface area contributed by atoms with Gasteiger partial charge in [0, 0.05) is 34.6 Å². The zero-order valence-corrected chi connectivity index (χ0v) is 17.6. The summed E-state index contributed by atoms with van der Waals surface area (Å²) >= 11 is 0. The van der Waals surface area contributed by atoms with Gasteiger partial charge in [-0.15, -0.1) is 0 Å². The lowest BCUT2D eigenvalue weighted by atomic mass is 10.0. The Kier molecular flexibility index (Phi) is 6.59. The number of H-pyrrole nitrogens is 1. The van der Waals surface area contributed by atoms with E-state index in [0.29, 0.717) is 5.56 Å². The van der Waals surface area contributed by atoms with Crippen LogP contribution in [-0.4, -0.2) is 35.3 Å². The summed E-state index contributed by atoms with van der Waals surface area (Å²) in [4.78, 5) is 41.1. The highest BCUT2D eigenvalue weighted by atomic mass is 19.1. The molecule has 0 saturated heterocycles. The molecule has 0 fully saturated rings. The number of halogens is 1. The van der Waals surface area contributed by atoms with Crippen LogP contribution >= 0.6 is 0 Å². The summed E-state index contributed by atoms with van der Waals surface area (Å²) in [6, 6.07) is 20.0. The van der Waals surface area contributed by atoms with E-state index in [1.807, 2.05) is 24.3 Å². The number of ketones is 1. The van der Waals surface area contributed by atoms with Crippen molar-refractivity contribution >= 4 is 28.6 Å². The third-order valence-corrected chi connectivity index (χ3v) is 5.24. The molecule has 0 aliphatic heterocycles. The van der Waals surface area contributed by atoms with Crippen molar-refractivity contribution in [2.45, 2.75) is 12.5 Å². The van der Waals surface area contributed by atoms with Gasteiger partial charge in [0.15, 0.2) is 12.4 Å². The number of hydrogen-bond donors (Lipinski definition) is 2. The summed E-state index contributed by atoms with van der Waals surface area (Å²) < 4.78 is 18.5. The Morgan fingerprint density at radius 3 is 2.33 bits per heavy atom. The molecule has 0 aliphatic rings. The molecule has 1 aromatic heterocycles. The average molecular weight is 444 g/mol. The van der Waals surface area contributed by atoms with Crippen molar-refractivity contribution in [2.75, 3.05) is 6.61 Å². The number of carbonyl (C=O) groups excluding carboxylic acids is 3. The van der Waals surface area contributed by atoms with Gasteiger partial charge in [0.2, 0.25) is 0 Å². The third-order valence-electron chi connectivity index (χ3n) is 5.24. The van der Waals surface area contributed by atoms with E-state index in [-0.39, 0.29) is 17.8 Å². The molecule has 2 N–H and O–H groups in total. The Morgan fingerprint density at radius 1 is 0.879 bits per heavy atom. The first-order valence-electron chi connectivity index (χ1n) is 10.4. The number of ether oxygens (including phenoxy) is 1. The quantitative estimate of drug-likeness (QED) is 0.317. The fraction of sp³-hybridized carbons (Fsp3) is 0.115. The first kappa shape index (κ1) is 22.0. The number of aromatic amines is 1. The van der Waals surface area contributed by atoms with Crippen molar-refractivity contribution < 1.29 is 23.5 Å². The predicted molar refractivity (Wildman–Crippen MR) is 121 cm³/mol. The summed E-state index contributed by atoms with van der Waals surface area (Å²) in [7, 11) is 0. The fourth-order valence-corrected chi connectivity index (χ4v) is 3.50. The summed E-state index contributed by atoms with van der Waals surface area (Å²) in [5.74, 6) is -2.11. The lowest BCUT2D eigenvalue weighted by Crippen LogP contribution is -2.43. The molecule has 0 spiro atoms. The zero-order chi connectivity index (χ0) is 23.2. The first-order valence-corrected chi connectivity index (χ1v) is 10.4. The van der Waals surface area contributed by atoms with E-state index in [1.54, 1.807) is 36.5 Å². The van der Waals surface area contributed by atoms with Gasteiger partial charge in [-0.1, -0.05) is 48.5 Å². The topological polar surface area (TPSA) is 88.3 Å². The molecule has 6 nitrogen and oxygen atoms in total. The van der Waals surface area contributed by atoms with Crippen LogP contribution in [0.3, 0.4) is 0 Å². The molecule has 1 amide bonds. The second kappa shape index (κ2) is 9.91. The van der Waals surface area contributed by atoms with Gasteiger partial charge in [0.25, 0.3) is 5.91 Å². The maximum absolute atomic E-state index is 13.2. The van der Waals surface area contributed by atoms with E-state index in [1.165, 1.54) is 24.3 Å². The molecular formula is C26H21FN2O4. The standard InChI is InChI=1S/C26H21FN2O4/c27-20-12-10-18(11-13-20)25(31)29-23(14-19-15-28-22-9-5-4-8-21(19)22)26(32)33-16-24(30)17-6-2-1-3-7-17/h1-13,15,23,28H,14,16H2,(H,29,31)/t23-/m1/s1. The number of rotatable bonds is 8. The number of fused-ring (bicyclic) bond motifs is 1. The molecule has 1 heterocycles. The summed E-state index contributed by atoms with van der Waals surface area (Å²) in [5, 5.41) is 3.57. The van der Waals surface area contributed by atoms with Crippen molar-refractivity contribution in [3.05, 3.63) is 108 Å². The van der Waals surface area contributed by atoms with Crippen LogP contribution < -0.4 is 5.32 Å². The number of amides is 1. The molecule has 166 valence electrons. The fourth-order valence-electron chi connectivity index (χ4n) is 3.50. The number of hydrogen-bond acceptors (Lipinski definition) is 4. The number of para-hydroxylation sites is 1. The molecule has 33 heavy (non-hydrogen) atoms. The van der Waals surface area contributed by atoms with Crippen molar-refractivity contribution in [2.24, 2.45) is 0 Å². The monoisotopic (exact) mass is 444 g/mol. The molecule has 0 unspecified atom stereocenters. The van der Waals surface area contributed by atoms with Crippen LogP contribution in [0.5, 0.6) is 0 Å². The molecule has 3 aromatic carbocycles. The molecule has 1 atom stereocenters. The number of benzene rings is 3. The van der Waals surface area contributed by atoms with Crippen LogP contribution in [0.1, 0.15) is 26.3 Å². The molecule has 0 saturated carbocycles. The summed E-state index contributed by atoms with van der Waals surface area (Å²) in [6.07, 6.45) is 1.92. The Balaban J connectivity index is 1.52. The van der Waals surface area contributed by atoms with Crippen LogP contribution in [0.2, 0.25) is 0 Å². The maximum Gasteiger partial charge on any atom is 0.329 e. The Bertz CT molecular complexity index is 1280. The van der Waals surface area contributed by atoms with Crippen LogP contribution in [0, 0.1) is 5.82 Å². The Morgan fingerprint density at radius 2 is 1.58 bits per heavy atom. The van der Waals surface area contributed by atoms with E-state index in [9.17, 15) is 18.8 Å². The van der Waals surface area contributed by atoms with Gasteiger partial charge in [-0.25, -0.2) is 9.18 Å². The van der Waals surface area contributed by atoms with E-state index in [4.69, 9.17) is 4.74 Å². The van der Waals surface area contributed by atoms with Crippen LogP contribution in [0.15, 0.2) is 85.1 Å². The van der Waals surface area contributed by atoms with Gasteiger partial charge in [-0.2, -0.15) is 0 Å². The summed E-state index contributed by atoms with van der Waals surface area (Å²) in [6.45, 7) is -0.445. The molecule has 7 heteroatoms. The van der Waals surface area contributed by atoms with Gasteiger partial charge in [0.05, 0.1) is 0 Å². The number of esters is 1. The summed E-state index contributed by atoms with van der Waals surface area (Å²) in [5.41, 5.74) is 2.33. The van der Waals surface area contributed by atoms with Crippen LogP contribution in [0.25, 0.3) is 10.9 Å². The smallest absolute Gasteiger partial charge is 0.329 e. The molecule has 0 radical (unpaired) electrons. The number of aromatic nitrogens is 1. The van der Waals surface area contributed by atoms with E-state index in [2.05, 4.69) is 10.3 Å². The van der Waals surface area contributed by atoms with Crippen molar-refractivity contribution in [1.29, 1.82) is 0 Å². The number of Topliss-reactive ketones (excluding diaryl/α,β-unsaturated/α-hetero) is 1. The first-order chi connectivity index (χ1) is 16.0. The van der Waals surface area contributed by atoms with Gasteiger partial charge in [-0.05, 0) is 35.9 Å². The minimum atomic E-state index is -1.05. The normalized spacial score (nSPS) is 11.7. The highest BCUT2D eigenvalue weighted by Crippen LogP contribution is 2.20. The average Bonchev–Trinajstić information content (AvgIpc) is 3.25. The second-order valence-electron chi connectivity index (χ2n) is 7.49. The molecule has 4 aromatic rings. The minimum Gasteiger partial charge on any atom is -0.456 e. The SMILES string of the molecule is O=C(COC(=O)[C@@H](Cc1c[nH]c2ccccc12)NC(=O)c1ccc(F)cc1)c1ccccc1. The molecule has 0 aliphatic carbocycles. The third kappa shape index (κ3) is 5.33. The zero-order valence-electron chi connectivity index (χ0n) is 17.6. The van der Waals surface area contributed by atoms with Crippen molar-refractivity contribution in [3.63, 3.8) is 0 Å². The number of nitrogens with one attached hydrogen (secondary N) is 2. The molecule has 4 rings (SSSR count). The lowest BCUT2D eigenvalue weighted by Gasteiger charge is -2.17. The minimum absolute atomic E-state index is 0.148. The largest absolute Gasteiger partial charge is 0.456 e. The van der Waals surface area contributed by atoms with Crippen LogP contribution in [0.4, 0.5) is 4.39 Å². The molecular weight excluding hydrogens is 423 g/mol. The Hall–Kier alpha value is -4.26. The van der Waals surface area contributed by atoms with Crippen molar-refractivity contribution in [1.82, 2.24) is 10.3 Å². The maximum atomic E-state index is 13.2. The van der Waals surface area contributed by atoms with E-state index in [0.717, 1.165) is 16.5 Å². The van der Waals surface area contributed by atoms with Gasteiger partial charge in [-0.3, -0.25) is 9.59 Å². The lowest BCUT2D eigenvalue weighted by molar-refractivity contribution is -0.144. The van der Waals surface area contributed by atoms with Gasteiger partial charge in [0.1, 0.15) is 11.9 Å². The predicted octanol–water partition coefficient (Wildman–Crippen LogP) is 4.07. The van der Waals surface area contributed by atoms with E-state index < -0.39 is 30.3 Å². The molecule has 0 bridgehead atoms. The second-order valence-corrected chi connectivity index (χ2v) is 7.49. The van der Waals surface area contributed by atoms with Gasteiger partial charge >= 0.3 is 5.97 Å². The Labute approximate surface area is 189 Å². The van der Waals surface area contributed by atoms with E-state index >= 15 is 0 Å². The van der Waals surface area contributed by atoms with Crippen LogP contribution in [-0.2, 0) is 16.0 Å². The number of carbonyl (C=O) groups is 3. The van der Waals surface area contributed by atoms with Gasteiger partial charge < -0.3 is 15.0 Å².